The number of nitrogens with zero attached hydrogens (tertiary/aromatic N) is 2. The van der Waals surface area contributed by atoms with Gasteiger partial charge in [-0.3, -0.25) is 5.01 Å². The molecular formula is C18H21N3O. The molecule has 0 bridgehead atoms. The number of hydrazone groups is 1. The highest BCUT2D eigenvalue weighted by Crippen LogP contribution is 2.37. The quantitative estimate of drug-likeness (QED) is 0.942. The van der Waals surface area contributed by atoms with Crippen molar-refractivity contribution in [2.75, 3.05) is 18.7 Å². The third-order valence-corrected chi connectivity index (χ3v) is 4.05. The Balaban J connectivity index is 2.01. The zero-order valence-corrected chi connectivity index (χ0v) is 13.0. The van der Waals surface area contributed by atoms with Gasteiger partial charge in [-0.1, -0.05) is 30.3 Å². The third kappa shape index (κ3) is 2.70. The first-order valence-corrected chi connectivity index (χ1v) is 7.48. The summed E-state index contributed by atoms with van der Waals surface area (Å²) < 4.78 is 5.35. The molecule has 0 amide bonds. The lowest BCUT2D eigenvalue weighted by molar-refractivity contribution is 0.414. The van der Waals surface area contributed by atoms with Gasteiger partial charge in [0.1, 0.15) is 5.75 Å². The Morgan fingerprint density at radius 3 is 2.77 bits per heavy atom. The molecule has 0 aliphatic carbocycles. The van der Waals surface area contributed by atoms with Crippen LogP contribution in [0.3, 0.4) is 0 Å². The van der Waals surface area contributed by atoms with Crippen molar-refractivity contribution in [3.63, 3.8) is 0 Å². The van der Waals surface area contributed by atoms with E-state index in [9.17, 15) is 0 Å². The fraction of sp³-hybridized carbons (Fsp3) is 0.278. The Hall–Kier alpha value is -2.33. The number of nitrogens with two attached hydrogens (primary N) is 1. The smallest absolute Gasteiger partial charge is 0.119 e. The molecule has 3 rings (SSSR count). The highest BCUT2D eigenvalue weighted by Gasteiger charge is 2.29. The van der Waals surface area contributed by atoms with Crippen LogP contribution in [0.2, 0.25) is 0 Å². The molecular weight excluding hydrogens is 274 g/mol. The Kier molecular flexibility index (Phi) is 4.11. The summed E-state index contributed by atoms with van der Waals surface area (Å²) in [6.07, 6.45) is 0.845. The van der Waals surface area contributed by atoms with Crippen molar-refractivity contribution in [3.8, 4) is 5.75 Å². The van der Waals surface area contributed by atoms with Gasteiger partial charge in [-0.2, -0.15) is 5.10 Å². The first kappa shape index (κ1) is 14.6. The van der Waals surface area contributed by atoms with Crippen molar-refractivity contribution in [1.29, 1.82) is 0 Å². The minimum atomic E-state index is 0.162. The number of hydrogen-bond acceptors (Lipinski definition) is 4. The summed E-state index contributed by atoms with van der Waals surface area (Å²) in [4.78, 5) is 0. The summed E-state index contributed by atoms with van der Waals surface area (Å²) in [6, 6.07) is 16.6. The second kappa shape index (κ2) is 6.20. The third-order valence-electron chi connectivity index (χ3n) is 4.05. The minimum Gasteiger partial charge on any atom is -0.497 e. The Bertz CT molecular complexity index is 696. The summed E-state index contributed by atoms with van der Waals surface area (Å²) in [5.41, 5.74) is 10.4. The molecule has 1 unspecified atom stereocenters. The molecule has 1 heterocycles. The average Bonchev–Trinajstić information content (AvgIpc) is 2.99. The molecule has 2 N–H and O–H groups in total. The predicted molar refractivity (Wildman–Crippen MR) is 90.5 cm³/mol. The fourth-order valence-electron chi connectivity index (χ4n) is 2.85. The van der Waals surface area contributed by atoms with Crippen molar-refractivity contribution >= 4 is 11.4 Å². The zero-order chi connectivity index (χ0) is 15.5. The molecule has 0 saturated heterocycles. The monoisotopic (exact) mass is 295 g/mol. The van der Waals surface area contributed by atoms with Gasteiger partial charge in [0.05, 0.1) is 24.6 Å². The zero-order valence-electron chi connectivity index (χ0n) is 13.0. The molecule has 4 nitrogen and oxygen atoms in total. The van der Waals surface area contributed by atoms with Crippen LogP contribution in [-0.2, 0) is 0 Å². The molecule has 22 heavy (non-hydrogen) atoms. The van der Waals surface area contributed by atoms with Gasteiger partial charge in [0.25, 0.3) is 0 Å². The molecule has 2 aromatic rings. The van der Waals surface area contributed by atoms with E-state index in [0.29, 0.717) is 6.54 Å². The number of ether oxygens (including phenoxy) is 1. The van der Waals surface area contributed by atoms with E-state index >= 15 is 0 Å². The maximum Gasteiger partial charge on any atom is 0.119 e. The molecule has 0 aromatic heterocycles. The van der Waals surface area contributed by atoms with Crippen molar-refractivity contribution in [2.24, 2.45) is 10.8 Å². The van der Waals surface area contributed by atoms with E-state index in [0.717, 1.165) is 23.6 Å². The van der Waals surface area contributed by atoms with Gasteiger partial charge in [0, 0.05) is 13.0 Å². The van der Waals surface area contributed by atoms with Crippen LogP contribution in [-0.4, -0.2) is 19.4 Å². The summed E-state index contributed by atoms with van der Waals surface area (Å²) >= 11 is 0. The lowest BCUT2D eigenvalue weighted by Crippen LogP contribution is -2.19. The van der Waals surface area contributed by atoms with Gasteiger partial charge >= 0.3 is 0 Å². The SMILES string of the molecule is COc1cccc(C2CC(CN)=NN2c2ccccc2C)c1. The van der Waals surface area contributed by atoms with Crippen molar-refractivity contribution in [3.05, 3.63) is 59.7 Å². The van der Waals surface area contributed by atoms with Crippen LogP contribution in [0.4, 0.5) is 5.69 Å². The lowest BCUT2D eigenvalue weighted by Gasteiger charge is -2.25. The van der Waals surface area contributed by atoms with E-state index in [1.165, 1.54) is 11.1 Å². The number of rotatable bonds is 4. The van der Waals surface area contributed by atoms with Crippen molar-refractivity contribution in [1.82, 2.24) is 0 Å². The maximum absolute atomic E-state index is 5.83. The number of anilines is 1. The van der Waals surface area contributed by atoms with Crippen LogP contribution in [0.15, 0.2) is 53.6 Å². The van der Waals surface area contributed by atoms with Gasteiger partial charge in [-0.25, -0.2) is 0 Å². The van der Waals surface area contributed by atoms with E-state index < -0.39 is 0 Å². The van der Waals surface area contributed by atoms with E-state index in [-0.39, 0.29) is 6.04 Å². The lowest BCUT2D eigenvalue weighted by atomic mass is 10.0. The number of benzene rings is 2. The highest BCUT2D eigenvalue weighted by molar-refractivity contribution is 5.90. The Labute approximate surface area is 131 Å². The molecule has 4 heteroatoms. The number of methoxy groups -OCH3 is 1. The molecule has 1 aliphatic heterocycles. The second-order valence-electron chi connectivity index (χ2n) is 5.50. The summed E-state index contributed by atoms with van der Waals surface area (Å²) in [5.74, 6) is 0.864. The van der Waals surface area contributed by atoms with Crippen LogP contribution in [0, 0.1) is 6.92 Å². The molecule has 0 radical (unpaired) electrons. The van der Waals surface area contributed by atoms with Gasteiger partial charge in [0.2, 0.25) is 0 Å². The Morgan fingerprint density at radius 1 is 1.23 bits per heavy atom. The first-order valence-electron chi connectivity index (χ1n) is 7.48. The van der Waals surface area contributed by atoms with Gasteiger partial charge in [-0.15, -0.1) is 0 Å². The normalized spacial score (nSPS) is 17.5. The molecule has 1 aliphatic rings. The topological polar surface area (TPSA) is 50.9 Å². The number of para-hydroxylation sites is 1. The highest BCUT2D eigenvalue weighted by atomic mass is 16.5. The molecule has 0 spiro atoms. The molecule has 0 fully saturated rings. The molecule has 1 atom stereocenters. The summed E-state index contributed by atoms with van der Waals surface area (Å²) in [6.45, 7) is 2.59. The standard InChI is InChI=1S/C18H21N3O/c1-13-6-3-4-9-17(13)21-18(11-15(12-19)20-21)14-7-5-8-16(10-14)22-2/h3-10,18H,11-12,19H2,1-2H3. The van der Waals surface area contributed by atoms with Gasteiger partial charge < -0.3 is 10.5 Å². The number of hydrogen-bond donors (Lipinski definition) is 1. The van der Waals surface area contributed by atoms with Crippen LogP contribution in [0.25, 0.3) is 0 Å². The average molecular weight is 295 g/mol. The van der Waals surface area contributed by atoms with Gasteiger partial charge in [0.15, 0.2) is 0 Å². The molecule has 114 valence electrons. The van der Waals surface area contributed by atoms with Crippen LogP contribution in [0.1, 0.15) is 23.6 Å². The van der Waals surface area contributed by atoms with Crippen LogP contribution in [0.5, 0.6) is 5.75 Å². The minimum absolute atomic E-state index is 0.162. The summed E-state index contributed by atoms with van der Waals surface area (Å²) in [5, 5.41) is 6.82. The predicted octanol–water partition coefficient (Wildman–Crippen LogP) is 3.27. The summed E-state index contributed by atoms with van der Waals surface area (Å²) in [7, 11) is 1.69. The van der Waals surface area contributed by atoms with Crippen molar-refractivity contribution in [2.45, 2.75) is 19.4 Å². The maximum atomic E-state index is 5.83. The van der Waals surface area contributed by atoms with E-state index in [4.69, 9.17) is 15.6 Å². The van der Waals surface area contributed by atoms with Crippen molar-refractivity contribution < 1.29 is 4.74 Å². The Morgan fingerprint density at radius 2 is 2.05 bits per heavy atom. The molecule has 2 aromatic carbocycles. The fourth-order valence-corrected chi connectivity index (χ4v) is 2.85. The van der Waals surface area contributed by atoms with E-state index in [1.807, 2.05) is 24.3 Å². The number of aryl methyl sites for hydroxylation is 1. The van der Waals surface area contributed by atoms with E-state index in [2.05, 4.69) is 36.2 Å². The first-order chi connectivity index (χ1) is 10.7. The largest absolute Gasteiger partial charge is 0.497 e. The van der Waals surface area contributed by atoms with Crippen LogP contribution >= 0.6 is 0 Å². The van der Waals surface area contributed by atoms with E-state index in [1.54, 1.807) is 7.11 Å². The second-order valence-corrected chi connectivity index (χ2v) is 5.50. The van der Waals surface area contributed by atoms with Crippen LogP contribution < -0.4 is 15.5 Å². The molecule has 0 saturated carbocycles. The van der Waals surface area contributed by atoms with Gasteiger partial charge in [-0.05, 0) is 36.2 Å².